The summed E-state index contributed by atoms with van der Waals surface area (Å²) in [5, 5.41) is 12.0. The number of nitrogens with zero attached hydrogens (tertiary/aromatic N) is 2. The summed E-state index contributed by atoms with van der Waals surface area (Å²) in [6.45, 7) is 0. The van der Waals surface area contributed by atoms with Crippen LogP contribution >= 0.6 is 0 Å². The second kappa shape index (κ2) is 5.28. The van der Waals surface area contributed by atoms with Crippen molar-refractivity contribution in [3.8, 4) is 0 Å². The van der Waals surface area contributed by atoms with Gasteiger partial charge in [-0.25, -0.2) is 14.8 Å². The minimum Gasteiger partial charge on any atom is -0.478 e. The van der Waals surface area contributed by atoms with Gasteiger partial charge in [-0.2, -0.15) is 0 Å². The topological polar surface area (TPSA) is 75.1 Å². The van der Waals surface area contributed by atoms with Gasteiger partial charge in [-0.05, 0) is 42.5 Å². The van der Waals surface area contributed by atoms with E-state index in [-0.39, 0.29) is 5.56 Å². The fraction of sp³-hybridized carbons (Fsp3) is 0.267. The summed E-state index contributed by atoms with van der Waals surface area (Å²) in [5.41, 5.74) is 2.09. The van der Waals surface area contributed by atoms with Gasteiger partial charge in [0.1, 0.15) is 0 Å². The van der Waals surface area contributed by atoms with Crippen LogP contribution in [0, 0.1) is 0 Å². The second-order valence-electron chi connectivity index (χ2n) is 4.98. The SMILES string of the molecule is O=C(O)c1cccc(Nc2ncc(C3CCC3)cn2)c1. The van der Waals surface area contributed by atoms with Crippen LogP contribution in [-0.4, -0.2) is 21.0 Å². The quantitative estimate of drug-likeness (QED) is 0.891. The molecular weight excluding hydrogens is 254 g/mol. The molecule has 1 saturated carbocycles. The van der Waals surface area contributed by atoms with Crippen molar-refractivity contribution >= 4 is 17.6 Å². The summed E-state index contributed by atoms with van der Waals surface area (Å²) < 4.78 is 0. The molecule has 0 saturated heterocycles. The molecule has 0 amide bonds. The van der Waals surface area contributed by atoms with E-state index in [2.05, 4.69) is 15.3 Å². The van der Waals surface area contributed by atoms with Crippen LogP contribution in [0.3, 0.4) is 0 Å². The fourth-order valence-corrected chi connectivity index (χ4v) is 2.21. The second-order valence-corrected chi connectivity index (χ2v) is 4.98. The lowest BCUT2D eigenvalue weighted by molar-refractivity contribution is 0.0697. The van der Waals surface area contributed by atoms with Gasteiger partial charge in [0.15, 0.2) is 0 Å². The molecule has 0 radical (unpaired) electrons. The molecule has 1 aromatic carbocycles. The zero-order valence-electron chi connectivity index (χ0n) is 10.9. The first-order valence-electron chi connectivity index (χ1n) is 6.65. The molecule has 1 fully saturated rings. The van der Waals surface area contributed by atoms with Gasteiger partial charge in [0.05, 0.1) is 5.56 Å². The van der Waals surface area contributed by atoms with E-state index < -0.39 is 5.97 Å². The van der Waals surface area contributed by atoms with E-state index in [1.54, 1.807) is 24.3 Å². The van der Waals surface area contributed by atoms with Crippen LogP contribution in [0.4, 0.5) is 11.6 Å². The number of nitrogens with one attached hydrogen (secondary N) is 1. The smallest absolute Gasteiger partial charge is 0.335 e. The zero-order valence-corrected chi connectivity index (χ0v) is 10.9. The Bertz CT molecular complexity index is 621. The first-order chi connectivity index (χ1) is 9.72. The maximum atomic E-state index is 10.9. The Morgan fingerprint density at radius 2 is 2.00 bits per heavy atom. The van der Waals surface area contributed by atoms with Gasteiger partial charge in [0, 0.05) is 18.1 Å². The molecule has 0 atom stereocenters. The summed E-state index contributed by atoms with van der Waals surface area (Å²) in [7, 11) is 0. The van der Waals surface area contributed by atoms with Crippen molar-refractivity contribution < 1.29 is 9.90 Å². The zero-order chi connectivity index (χ0) is 13.9. The third-order valence-electron chi connectivity index (χ3n) is 3.61. The molecule has 1 heterocycles. The third kappa shape index (κ3) is 2.61. The molecule has 102 valence electrons. The number of anilines is 2. The number of benzene rings is 1. The molecule has 0 aliphatic heterocycles. The maximum absolute atomic E-state index is 10.9. The number of carboxylic acid groups (broad SMARTS) is 1. The van der Waals surface area contributed by atoms with Crippen LogP contribution < -0.4 is 5.32 Å². The van der Waals surface area contributed by atoms with Crippen LogP contribution in [0.25, 0.3) is 0 Å². The highest BCUT2D eigenvalue weighted by atomic mass is 16.4. The van der Waals surface area contributed by atoms with Crippen LogP contribution in [0.1, 0.15) is 41.1 Å². The highest BCUT2D eigenvalue weighted by Crippen LogP contribution is 2.35. The summed E-state index contributed by atoms with van der Waals surface area (Å²) >= 11 is 0. The van der Waals surface area contributed by atoms with Gasteiger partial charge in [0.25, 0.3) is 0 Å². The van der Waals surface area contributed by atoms with Crippen molar-refractivity contribution in [1.29, 1.82) is 0 Å². The number of hydrogen-bond acceptors (Lipinski definition) is 4. The van der Waals surface area contributed by atoms with Gasteiger partial charge < -0.3 is 10.4 Å². The molecule has 0 unspecified atom stereocenters. The predicted octanol–water partition coefficient (Wildman–Crippen LogP) is 3.19. The lowest BCUT2D eigenvalue weighted by Gasteiger charge is -2.24. The molecule has 2 N–H and O–H groups in total. The maximum Gasteiger partial charge on any atom is 0.335 e. The van der Waals surface area contributed by atoms with Crippen molar-refractivity contribution in [2.45, 2.75) is 25.2 Å². The molecule has 5 nitrogen and oxygen atoms in total. The van der Waals surface area contributed by atoms with Gasteiger partial charge in [-0.1, -0.05) is 12.5 Å². The minimum atomic E-state index is -0.949. The Balaban J connectivity index is 1.73. The Morgan fingerprint density at radius 1 is 1.25 bits per heavy atom. The molecular formula is C15H15N3O2. The molecule has 20 heavy (non-hydrogen) atoms. The van der Waals surface area contributed by atoms with Crippen molar-refractivity contribution in [3.05, 3.63) is 47.8 Å². The fourth-order valence-electron chi connectivity index (χ4n) is 2.21. The number of hydrogen-bond donors (Lipinski definition) is 2. The van der Waals surface area contributed by atoms with E-state index >= 15 is 0 Å². The predicted molar refractivity (Wildman–Crippen MR) is 75.3 cm³/mol. The van der Waals surface area contributed by atoms with Gasteiger partial charge in [-0.3, -0.25) is 0 Å². The Labute approximate surface area is 116 Å². The average Bonchev–Trinajstić information content (AvgIpc) is 2.39. The minimum absolute atomic E-state index is 0.237. The van der Waals surface area contributed by atoms with Crippen molar-refractivity contribution in [2.24, 2.45) is 0 Å². The van der Waals surface area contributed by atoms with Crippen LogP contribution in [-0.2, 0) is 0 Å². The average molecular weight is 269 g/mol. The van der Waals surface area contributed by atoms with Gasteiger partial charge >= 0.3 is 5.97 Å². The van der Waals surface area contributed by atoms with Gasteiger partial charge in [0.2, 0.25) is 5.95 Å². The lowest BCUT2D eigenvalue weighted by atomic mass is 9.81. The van der Waals surface area contributed by atoms with Crippen LogP contribution in [0.15, 0.2) is 36.7 Å². The van der Waals surface area contributed by atoms with E-state index in [9.17, 15) is 4.79 Å². The summed E-state index contributed by atoms with van der Waals surface area (Å²) in [4.78, 5) is 19.5. The summed E-state index contributed by atoms with van der Waals surface area (Å²) in [6.07, 6.45) is 7.42. The number of rotatable bonds is 4. The molecule has 0 bridgehead atoms. The molecule has 3 rings (SSSR count). The largest absolute Gasteiger partial charge is 0.478 e. The number of carbonyl (C=O) groups is 1. The standard InChI is InChI=1S/C15H15N3O2/c19-14(20)11-5-2-6-13(7-11)18-15-16-8-12(9-17-15)10-3-1-4-10/h2,5-10H,1,3-4H2,(H,19,20)(H,16,17,18). The van der Waals surface area contributed by atoms with Crippen LogP contribution in [0.5, 0.6) is 0 Å². The highest BCUT2D eigenvalue weighted by molar-refractivity contribution is 5.88. The molecule has 1 aliphatic carbocycles. The number of aromatic carboxylic acids is 1. The first-order valence-corrected chi connectivity index (χ1v) is 6.65. The Hall–Kier alpha value is -2.43. The normalized spacial score (nSPS) is 14.6. The highest BCUT2D eigenvalue weighted by Gasteiger charge is 2.19. The van der Waals surface area contributed by atoms with Crippen molar-refractivity contribution in [2.75, 3.05) is 5.32 Å². The number of carboxylic acids is 1. The third-order valence-corrected chi connectivity index (χ3v) is 3.61. The Morgan fingerprint density at radius 3 is 2.60 bits per heavy atom. The molecule has 0 spiro atoms. The van der Waals surface area contributed by atoms with E-state index in [0.29, 0.717) is 17.6 Å². The van der Waals surface area contributed by atoms with E-state index in [1.165, 1.54) is 24.8 Å². The first kappa shape index (κ1) is 12.6. The molecule has 2 aromatic rings. The number of aromatic nitrogens is 2. The van der Waals surface area contributed by atoms with E-state index in [0.717, 1.165) is 0 Å². The lowest BCUT2D eigenvalue weighted by Crippen LogP contribution is -2.10. The van der Waals surface area contributed by atoms with Crippen molar-refractivity contribution in [3.63, 3.8) is 0 Å². The van der Waals surface area contributed by atoms with E-state index in [4.69, 9.17) is 5.11 Å². The monoisotopic (exact) mass is 269 g/mol. The van der Waals surface area contributed by atoms with Crippen molar-refractivity contribution in [1.82, 2.24) is 9.97 Å². The Kier molecular flexibility index (Phi) is 3.33. The summed E-state index contributed by atoms with van der Waals surface area (Å²) in [5.74, 6) is 0.143. The van der Waals surface area contributed by atoms with Gasteiger partial charge in [-0.15, -0.1) is 0 Å². The molecule has 1 aromatic heterocycles. The summed E-state index contributed by atoms with van der Waals surface area (Å²) in [6, 6.07) is 6.59. The van der Waals surface area contributed by atoms with Crippen LogP contribution in [0.2, 0.25) is 0 Å². The molecule has 1 aliphatic rings. The van der Waals surface area contributed by atoms with E-state index in [1.807, 2.05) is 12.4 Å². The molecule has 5 heteroatoms.